The third-order valence-electron chi connectivity index (χ3n) is 2.76. The fraction of sp³-hybridized carbons (Fsp3) is 0.533. The Morgan fingerprint density at radius 1 is 1.32 bits per heavy atom. The van der Waals surface area contributed by atoms with E-state index >= 15 is 0 Å². The van der Waals surface area contributed by atoms with Gasteiger partial charge in [-0.05, 0) is 39.3 Å². The Bertz CT molecular complexity index is 426. The molecular formula is C15H23ClN2O. The summed E-state index contributed by atoms with van der Waals surface area (Å²) in [7, 11) is 0. The Balaban J connectivity index is 2.43. The molecule has 0 radical (unpaired) electrons. The van der Waals surface area contributed by atoms with Crippen LogP contribution in [0.1, 0.15) is 45.7 Å². The van der Waals surface area contributed by atoms with E-state index in [1.807, 2.05) is 31.2 Å². The summed E-state index contributed by atoms with van der Waals surface area (Å²) < 4.78 is 0. The number of carbonyl (C=O) groups is 1. The fourth-order valence-corrected chi connectivity index (χ4v) is 2.07. The quantitative estimate of drug-likeness (QED) is 0.870. The second kappa shape index (κ2) is 6.92. The van der Waals surface area contributed by atoms with Crippen molar-refractivity contribution in [3.05, 3.63) is 34.9 Å². The van der Waals surface area contributed by atoms with Gasteiger partial charge in [0.25, 0.3) is 0 Å². The Kier molecular flexibility index (Phi) is 5.83. The zero-order valence-corrected chi connectivity index (χ0v) is 12.8. The van der Waals surface area contributed by atoms with Gasteiger partial charge in [-0.3, -0.25) is 4.79 Å². The standard InChI is InChI=1S/C15H23ClN2O/c1-11(12-7-5-6-8-13(12)16)18-14(19)9-10-17-15(2,3)4/h5-8,11,17H,9-10H2,1-4H3,(H,18,19). The summed E-state index contributed by atoms with van der Waals surface area (Å²) in [4.78, 5) is 11.8. The first-order valence-electron chi connectivity index (χ1n) is 6.58. The predicted octanol–water partition coefficient (Wildman–Crippen LogP) is 3.30. The number of halogens is 1. The van der Waals surface area contributed by atoms with Crippen LogP contribution in [0.25, 0.3) is 0 Å². The van der Waals surface area contributed by atoms with Gasteiger partial charge in [0.2, 0.25) is 5.91 Å². The van der Waals surface area contributed by atoms with Crippen molar-refractivity contribution in [1.29, 1.82) is 0 Å². The molecule has 0 aliphatic heterocycles. The van der Waals surface area contributed by atoms with Crippen molar-refractivity contribution in [3.63, 3.8) is 0 Å². The molecule has 0 heterocycles. The van der Waals surface area contributed by atoms with Gasteiger partial charge in [0, 0.05) is 23.5 Å². The van der Waals surface area contributed by atoms with Crippen LogP contribution in [0.4, 0.5) is 0 Å². The second-order valence-corrected chi connectivity index (χ2v) is 6.14. The first-order valence-corrected chi connectivity index (χ1v) is 6.96. The summed E-state index contributed by atoms with van der Waals surface area (Å²) in [5, 5.41) is 6.93. The number of carbonyl (C=O) groups excluding carboxylic acids is 1. The number of benzene rings is 1. The van der Waals surface area contributed by atoms with Gasteiger partial charge in [-0.25, -0.2) is 0 Å². The maximum Gasteiger partial charge on any atom is 0.221 e. The topological polar surface area (TPSA) is 41.1 Å². The fourth-order valence-electron chi connectivity index (χ4n) is 1.77. The average molecular weight is 283 g/mol. The minimum absolute atomic E-state index is 0.0316. The van der Waals surface area contributed by atoms with Crippen LogP contribution < -0.4 is 10.6 Å². The lowest BCUT2D eigenvalue weighted by Gasteiger charge is -2.21. The summed E-state index contributed by atoms with van der Waals surface area (Å²) in [5.41, 5.74) is 0.982. The van der Waals surface area contributed by atoms with E-state index in [2.05, 4.69) is 31.4 Å². The summed E-state index contributed by atoms with van der Waals surface area (Å²) >= 11 is 6.10. The van der Waals surface area contributed by atoms with Gasteiger partial charge in [-0.2, -0.15) is 0 Å². The number of rotatable bonds is 5. The molecule has 1 amide bonds. The molecule has 1 aromatic rings. The monoisotopic (exact) mass is 282 g/mol. The van der Waals surface area contributed by atoms with E-state index < -0.39 is 0 Å². The highest BCUT2D eigenvalue weighted by Gasteiger charge is 2.13. The lowest BCUT2D eigenvalue weighted by atomic mass is 10.1. The van der Waals surface area contributed by atoms with Crippen LogP contribution in [0, 0.1) is 0 Å². The van der Waals surface area contributed by atoms with Gasteiger partial charge in [0.1, 0.15) is 0 Å². The van der Waals surface area contributed by atoms with E-state index in [1.54, 1.807) is 0 Å². The lowest BCUT2D eigenvalue weighted by Crippen LogP contribution is -2.38. The molecule has 0 fully saturated rings. The van der Waals surface area contributed by atoms with E-state index in [0.29, 0.717) is 18.0 Å². The Morgan fingerprint density at radius 2 is 1.95 bits per heavy atom. The number of nitrogens with one attached hydrogen (secondary N) is 2. The van der Waals surface area contributed by atoms with E-state index in [-0.39, 0.29) is 17.5 Å². The van der Waals surface area contributed by atoms with Crippen molar-refractivity contribution in [2.75, 3.05) is 6.54 Å². The third kappa shape index (κ3) is 6.08. The highest BCUT2D eigenvalue weighted by molar-refractivity contribution is 6.31. The maximum atomic E-state index is 11.8. The van der Waals surface area contributed by atoms with Crippen molar-refractivity contribution in [2.24, 2.45) is 0 Å². The second-order valence-electron chi connectivity index (χ2n) is 5.74. The molecule has 0 saturated heterocycles. The van der Waals surface area contributed by atoms with Gasteiger partial charge in [0.15, 0.2) is 0 Å². The first kappa shape index (κ1) is 16.0. The van der Waals surface area contributed by atoms with Crippen molar-refractivity contribution in [1.82, 2.24) is 10.6 Å². The molecule has 0 saturated carbocycles. The zero-order chi connectivity index (χ0) is 14.5. The number of hydrogen-bond donors (Lipinski definition) is 2. The van der Waals surface area contributed by atoms with Crippen LogP contribution in [0.2, 0.25) is 5.02 Å². The smallest absolute Gasteiger partial charge is 0.221 e. The molecule has 0 aliphatic carbocycles. The van der Waals surface area contributed by atoms with Crippen LogP contribution in [-0.4, -0.2) is 18.0 Å². The first-order chi connectivity index (χ1) is 8.79. The minimum atomic E-state index is -0.0733. The normalized spacial score (nSPS) is 13.1. The molecule has 1 rings (SSSR count). The van der Waals surface area contributed by atoms with Crippen LogP contribution >= 0.6 is 11.6 Å². The van der Waals surface area contributed by atoms with Crippen molar-refractivity contribution < 1.29 is 4.79 Å². The molecule has 1 unspecified atom stereocenters. The molecule has 0 aromatic heterocycles. The number of hydrogen-bond acceptors (Lipinski definition) is 2. The van der Waals surface area contributed by atoms with Gasteiger partial charge < -0.3 is 10.6 Å². The van der Waals surface area contributed by atoms with Crippen molar-refractivity contribution in [3.8, 4) is 0 Å². The molecule has 2 N–H and O–H groups in total. The highest BCUT2D eigenvalue weighted by Crippen LogP contribution is 2.21. The largest absolute Gasteiger partial charge is 0.349 e. The molecule has 3 nitrogen and oxygen atoms in total. The van der Waals surface area contributed by atoms with E-state index in [0.717, 1.165) is 5.56 Å². The molecule has 19 heavy (non-hydrogen) atoms. The maximum absolute atomic E-state index is 11.8. The summed E-state index contributed by atoms with van der Waals surface area (Å²) in [6.07, 6.45) is 0.464. The molecule has 0 aliphatic rings. The van der Waals surface area contributed by atoms with E-state index in [1.165, 1.54) is 0 Å². The average Bonchev–Trinajstić information content (AvgIpc) is 2.27. The Hall–Kier alpha value is -1.06. The third-order valence-corrected chi connectivity index (χ3v) is 3.10. The SMILES string of the molecule is CC(NC(=O)CCNC(C)(C)C)c1ccccc1Cl. The predicted molar refractivity (Wildman–Crippen MR) is 80.4 cm³/mol. The van der Waals surface area contributed by atoms with Gasteiger partial charge in [-0.1, -0.05) is 29.8 Å². The molecular weight excluding hydrogens is 260 g/mol. The van der Waals surface area contributed by atoms with Crippen LogP contribution in [0.15, 0.2) is 24.3 Å². The Morgan fingerprint density at radius 3 is 2.53 bits per heavy atom. The number of amides is 1. The highest BCUT2D eigenvalue weighted by atomic mass is 35.5. The molecule has 4 heteroatoms. The summed E-state index contributed by atoms with van der Waals surface area (Å²) in [5.74, 6) is 0.0316. The molecule has 0 spiro atoms. The molecule has 1 aromatic carbocycles. The molecule has 106 valence electrons. The molecule has 0 bridgehead atoms. The van der Waals surface area contributed by atoms with Crippen LogP contribution in [0.3, 0.4) is 0 Å². The van der Waals surface area contributed by atoms with Crippen molar-refractivity contribution in [2.45, 2.75) is 45.7 Å². The summed E-state index contributed by atoms with van der Waals surface area (Å²) in [6, 6.07) is 7.50. The Labute approximate surface area is 120 Å². The van der Waals surface area contributed by atoms with Gasteiger partial charge in [0.05, 0.1) is 6.04 Å². The van der Waals surface area contributed by atoms with Crippen LogP contribution in [0.5, 0.6) is 0 Å². The van der Waals surface area contributed by atoms with Crippen LogP contribution in [-0.2, 0) is 4.79 Å². The minimum Gasteiger partial charge on any atom is -0.349 e. The van der Waals surface area contributed by atoms with Gasteiger partial charge >= 0.3 is 0 Å². The van der Waals surface area contributed by atoms with Crippen molar-refractivity contribution >= 4 is 17.5 Å². The zero-order valence-electron chi connectivity index (χ0n) is 12.1. The lowest BCUT2D eigenvalue weighted by molar-refractivity contribution is -0.121. The van der Waals surface area contributed by atoms with E-state index in [9.17, 15) is 4.79 Å². The van der Waals surface area contributed by atoms with E-state index in [4.69, 9.17) is 11.6 Å². The van der Waals surface area contributed by atoms with Gasteiger partial charge in [-0.15, -0.1) is 0 Å². The molecule has 1 atom stereocenters. The summed E-state index contributed by atoms with van der Waals surface area (Å²) in [6.45, 7) is 8.85.